The molecule has 14 heavy (non-hydrogen) atoms. The van der Waals surface area contributed by atoms with E-state index in [1.165, 1.54) is 0 Å². The van der Waals surface area contributed by atoms with Gasteiger partial charge < -0.3 is 11.5 Å². The Balaban J connectivity index is 5.16. The third kappa shape index (κ3) is 3.00. The Morgan fingerprint density at radius 1 is 1.43 bits per heavy atom. The number of allylic oxidation sites excluding steroid dienone is 1. The summed E-state index contributed by atoms with van der Waals surface area (Å²) in [6.45, 7) is 6.05. The smallest absolute Gasteiger partial charge is 0.116 e. The molecule has 0 saturated carbocycles. The Morgan fingerprint density at radius 3 is 2.21 bits per heavy atom. The topological polar surface area (TPSA) is 75.8 Å². The first-order valence-corrected chi connectivity index (χ1v) is 4.97. The summed E-state index contributed by atoms with van der Waals surface area (Å²) in [5.41, 5.74) is 11.8. The number of nitrogens with zero attached hydrogens (tertiary/aromatic N) is 1. The van der Waals surface area contributed by atoms with E-state index < -0.39 is 0 Å². The SMILES string of the molecule is CCCC(C)(C)/C(N)=C(\C#N)C(N)=S. The summed E-state index contributed by atoms with van der Waals surface area (Å²) in [5.74, 6) is 0. The van der Waals surface area contributed by atoms with Crippen molar-refractivity contribution in [3.63, 3.8) is 0 Å². The normalized spacial score (nSPS) is 13.0. The zero-order chi connectivity index (χ0) is 11.4. The van der Waals surface area contributed by atoms with Crippen LogP contribution < -0.4 is 11.5 Å². The molecular weight excluding hydrogens is 194 g/mol. The van der Waals surface area contributed by atoms with Gasteiger partial charge in [-0.3, -0.25) is 0 Å². The van der Waals surface area contributed by atoms with Gasteiger partial charge in [-0.05, 0) is 6.42 Å². The molecule has 0 aromatic carbocycles. The summed E-state index contributed by atoms with van der Waals surface area (Å²) >= 11 is 4.76. The van der Waals surface area contributed by atoms with Crippen molar-refractivity contribution >= 4 is 17.2 Å². The monoisotopic (exact) mass is 211 g/mol. The molecule has 0 spiro atoms. The van der Waals surface area contributed by atoms with Crippen LogP contribution in [0.5, 0.6) is 0 Å². The lowest BCUT2D eigenvalue weighted by Gasteiger charge is -2.25. The van der Waals surface area contributed by atoms with Gasteiger partial charge in [0.05, 0.1) is 0 Å². The molecule has 0 aromatic rings. The maximum absolute atomic E-state index is 8.84. The van der Waals surface area contributed by atoms with E-state index in [2.05, 4.69) is 6.92 Å². The summed E-state index contributed by atoms with van der Waals surface area (Å²) in [5, 5.41) is 8.84. The maximum atomic E-state index is 8.84. The Bertz CT molecular complexity index is 297. The quantitative estimate of drug-likeness (QED) is 0.422. The van der Waals surface area contributed by atoms with Gasteiger partial charge in [-0.2, -0.15) is 5.26 Å². The Labute approximate surface area is 90.8 Å². The van der Waals surface area contributed by atoms with E-state index in [0.29, 0.717) is 5.70 Å². The van der Waals surface area contributed by atoms with Crippen molar-refractivity contribution in [2.24, 2.45) is 16.9 Å². The first-order valence-electron chi connectivity index (χ1n) is 4.57. The van der Waals surface area contributed by atoms with Crippen molar-refractivity contribution in [1.29, 1.82) is 5.26 Å². The van der Waals surface area contributed by atoms with E-state index in [9.17, 15) is 0 Å². The predicted octanol–water partition coefficient (Wildman–Crippen LogP) is 1.84. The van der Waals surface area contributed by atoms with Gasteiger partial charge in [-0.25, -0.2) is 0 Å². The molecular formula is C10H17N3S. The van der Waals surface area contributed by atoms with E-state index in [1.807, 2.05) is 19.9 Å². The van der Waals surface area contributed by atoms with Gasteiger partial charge in [-0.1, -0.05) is 39.4 Å². The second-order valence-corrected chi connectivity index (χ2v) is 4.34. The molecule has 78 valence electrons. The summed E-state index contributed by atoms with van der Waals surface area (Å²) in [6, 6.07) is 1.95. The zero-order valence-corrected chi connectivity index (χ0v) is 9.74. The van der Waals surface area contributed by atoms with Crippen LogP contribution in [0.4, 0.5) is 0 Å². The summed E-state index contributed by atoms with van der Waals surface area (Å²) in [7, 11) is 0. The number of rotatable bonds is 4. The molecule has 3 nitrogen and oxygen atoms in total. The average molecular weight is 211 g/mol. The van der Waals surface area contributed by atoms with Gasteiger partial charge in [0.15, 0.2) is 0 Å². The molecule has 0 atom stereocenters. The number of nitriles is 1. The molecule has 0 bridgehead atoms. The molecule has 0 unspecified atom stereocenters. The van der Waals surface area contributed by atoms with E-state index in [-0.39, 0.29) is 16.0 Å². The van der Waals surface area contributed by atoms with Crippen molar-refractivity contribution in [2.75, 3.05) is 0 Å². The molecule has 0 rings (SSSR count). The molecule has 0 radical (unpaired) electrons. The molecule has 0 aliphatic heterocycles. The van der Waals surface area contributed by atoms with Crippen molar-refractivity contribution in [1.82, 2.24) is 0 Å². The van der Waals surface area contributed by atoms with Crippen molar-refractivity contribution in [3.05, 3.63) is 11.3 Å². The van der Waals surface area contributed by atoms with Gasteiger partial charge in [0, 0.05) is 11.1 Å². The molecule has 4 N–H and O–H groups in total. The highest BCUT2D eigenvalue weighted by Crippen LogP contribution is 2.30. The highest BCUT2D eigenvalue weighted by Gasteiger charge is 2.24. The second-order valence-electron chi connectivity index (χ2n) is 3.90. The van der Waals surface area contributed by atoms with E-state index >= 15 is 0 Å². The van der Waals surface area contributed by atoms with Gasteiger partial charge in [0.1, 0.15) is 16.6 Å². The molecule has 0 aliphatic carbocycles. The second kappa shape index (κ2) is 4.97. The fourth-order valence-corrected chi connectivity index (χ4v) is 1.50. The first-order chi connectivity index (χ1) is 6.36. The lowest BCUT2D eigenvalue weighted by atomic mass is 9.82. The Morgan fingerprint density at radius 2 is 1.93 bits per heavy atom. The fourth-order valence-electron chi connectivity index (χ4n) is 1.35. The fraction of sp³-hybridized carbons (Fsp3) is 0.600. The van der Waals surface area contributed by atoms with Crippen LogP contribution in [0.1, 0.15) is 33.6 Å². The average Bonchev–Trinajstić information content (AvgIpc) is 2.04. The highest BCUT2D eigenvalue weighted by molar-refractivity contribution is 7.80. The third-order valence-electron chi connectivity index (χ3n) is 2.23. The molecule has 0 fully saturated rings. The number of nitrogens with two attached hydrogens (primary N) is 2. The van der Waals surface area contributed by atoms with E-state index in [1.54, 1.807) is 0 Å². The van der Waals surface area contributed by atoms with Crippen LogP contribution in [-0.2, 0) is 0 Å². The summed E-state index contributed by atoms with van der Waals surface area (Å²) in [4.78, 5) is 0.0779. The minimum Gasteiger partial charge on any atom is -0.400 e. The van der Waals surface area contributed by atoms with Crippen LogP contribution >= 0.6 is 12.2 Å². The van der Waals surface area contributed by atoms with Crippen LogP contribution in [0.15, 0.2) is 11.3 Å². The first kappa shape index (κ1) is 12.9. The lowest BCUT2D eigenvalue weighted by Crippen LogP contribution is -2.26. The van der Waals surface area contributed by atoms with Crippen LogP contribution in [0.2, 0.25) is 0 Å². The zero-order valence-electron chi connectivity index (χ0n) is 8.92. The van der Waals surface area contributed by atoms with Crippen LogP contribution in [0.3, 0.4) is 0 Å². The molecule has 0 aliphatic rings. The van der Waals surface area contributed by atoms with E-state index in [4.69, 9.17) is 28.9 Å². The third-order valence-corrected chi connectivity index (χ3v) is 2.44. The number of hydrogen-bond acceptors (Lipinski definition) is 3. The van der Waals surface area contributed by atoms with Gasteiger partial charge >= 0.3 is 0 Å². The van der Waals surface area contributed by atoms with Crippen LogP contribution in [0, 0.1) is 16.7 Å². The molecule has 4 heteroatoms. The van der Waals surface area contributed by atoms with Crippen molar-refractivity contribution in [3.8, 4) is 6.07 Å². The van der Waals surface area contributed by atoms with Crippen molar-refractivity contribution in [2.45, 2.75) is 33.6 Å². The van der Waals surface area contributed by atoms with Crippen LogP contribution in [0.25, 0.3) is 0 Å². The molecule has 0 saturated heterocycles. The lowest BCUT2D eigenvalue weighted by molar-refractivity contribution is 0.397. The minimum absolute atomic E-state index is 0.0779. The van der Waals surface area contributed by atoms with Crippen molar-refractivity contribution < 1.29 is 0 Å². The summed E-state index contributed by atoms with van der Waals surface area (Å²) < 4.78 is 0. The van der Waals surface area contributed by atoms with Gasteiger partial charge in [-0.15, -0.1) is 0 Å². The van der Waals surface area contributed by atoms with E-state index in [0.717, 1.165) is 12.8 Å². The minimum atomic E-state index is -0.219. The summed E-state index contributed by atoms with van der Waals surface area (Å²) in [6.07, 6.45) is 1.91. The highest BCUT2D eigenvalue weighted by atomic mass is 32.1. The Hall–Kier alpha value is -1.08. The largest absolute Gasteiger partial charge is 0.400 e. The van der Waals surface area contributed by atoms with Gasteiger partial charge in [0.2, 0.25) is 0 Å². The number of hydrogen-bond donors (Lipinski definition) is 2. The molecule has 0 aromatic heterocycles. The molecule has 0 heterocycles. The maximum Gasteiger partial charge on any atom is 0.116 e. The molecule has 0 amide bonds. The number of thiocarbonyl (C=S) groups is 1. The standard InChI is InChI=1S/C10H17N3S/c1-4-5-10(2,3)8(12)7(6-11)9(13)14/h4-5,12H2,1-3H3,(H2,13,14)/b8-7-. The van der Waals surface area contributed by atoms with Gasteiger partial charge in [0.25, 0.3) is 0 Å². The van der Waals surface area contributed by atoms with Crippen LogP contribution in [-0.4, -0.2) is 4.99 Å². The Kier molecular flexibility index (Phi) is 4.58. The predicted molar refractivity (Wildman–Crippen MR) is 62.3 cm³/mol.